The van der Waals surface area contributed by atoms with E-state index in [-0.39, 0.29) is 5.75 Å². The van der Waals surface area contributed by atoms with Crippen molar-refractivity contribution in [2.45, 2.75) is 38.0 Å². The first-order valence-corrected chi connectivity index (χ1v) is 7.36. The lowest BCUT2D eigenvalue weighted by Gasteiger charge is -2.11. The Balaban J connectivity index is 2.28. The predicted molar refractivity (Wildman–Crippen MR) is 72.5 cm³/mol. The van der Waals surface area contributed by atoms with Gasteiger partial charge in [-0.25, -0.2) is 4.68 Å². The van der Waals surface area contributed by atoms with Crippen LogP contribution in [0.25, 0.3) is 0 Å². The Hall–Kier alpha value is -1.49. The minimum Gasteiger partial charge on any atom is -0.417 e. The van der Waals surface area contributed by atoms with Crippen molar-refractivity contribution >= 4 is 11.8 Å². The fraction of sp³-hybridized carbons (Fsp3) is 0.583. The zero-order valence-corrected chi connectivity index (χ0v) is 13.2. The van der Waals surface area contributed by atoms with Gasteiger partial charge < -0.3 is 4.74 Å². The zero-order chi connectivity index (χ0) is 17.4. The molecule has 23 heavy (non-hydrogen) atoms. The highest BCUT2D eigenvalue weighted by atomic mass is 32.2. The number of hydroxylamine groups is 1. The second-order valence-electron chi connectivity index (χ2n) is 5.24. The van der Waals surface area contributed by atoms with Crippen LogP contribution >= 0.6 is 11.8 Å². The summed E-state index contributed by atoms with van der Waals surface area (Å²) in [5.41, 5.74) is 0.269. The maximum Gasteiger partial charge on any atom is 0.435 e. The van der Waals surface area contributed by atoms with Gasteiger partial charge in [0.25, 0.3) is 0 Å². The van der Waals surface area contributed by atoms with Crippen molar-refractivity contribution in [3.05, 3.63) is 22.4 Å². The van der Waals surface area contributed by atoms with E-state index in [1.807, 2.05) is 0 Å². The van der Waals surface area contributed by atoms with Crippen molar-refractivity contribution in [2.24, 2.45) is 7.05 Å². The number of aryl methyl sites for hydroxylation is 1. The Kier molecular flexibility index (Phi) is 4.81. The van der Waals surface area contributed by atoms with Gasteiger partial charge >= 0.3 is 12.8 Å². The van der Waals surface area contributed by atoms with Crippen molar-refractivity contribution in [3.63, 3.8) is 0 Å². The molecule has 2 rings (SSSR count). The van der Waals surface area contributed by atoms with E-state index in [1.165, 1.54) is 0 Å². The first-order valence-electron chi connectivity index (χ1n) is 6.37. The summed E-state index contributed by atoms with van der Waals surface area (Å²) in [6.07, 6.45) is -3.10. The van der Waals surface area contributed by atoms with E-state index in [4.69, 9.17) is 4.84 Å². The first kappa shape index (κ1) is 17.9. The van der Waals surface area contributed by atoms with Gasteiger partial charge in [0.1, 0.15) is 5.60 Å². The van der Waals surface area contributed by atoms with Crippen LogP contribution in [0.2, 0.25) is 0 Å². The second-order valence-corrected chi connectivity index (χ2v) is 6.25. The molecular formula is C12H14F5N3O2S. The fourth-order valence-corrected chi connectivity index (χ4v) is 2.95. The zero-order valence-electron chi connectivity index (χ0n) is 12.4. The molecular weight excluding hydrogens is 345 g/mol. The van der Waals surface area contributed by atoms with E-state index in [0.717, 1.165) is 18.8 Å². The van der Waals surface area contributed by atoms with Crippen molar-refractivity contribution in [1.82, 2.24) is 15.3 Å². The maximum atomic E-state index is 13.0. The Labute approximate surface area is 132 Å². The molecule has 0 fully saturated rings. The molecule has 11 heteroatoms. The number of ether oxygens (including phenoxy) is 1. The van der Waals surface area contributed by atoms with Gasteiger partial charge in [-0.15, -0.1) is 11.8 Å². The lowest BCUT2D eigenvalue weighted by molar-refractivity contribution is -0.142. The molecule has 0 aliphatic carbocycles. The molecule has 0 amide bonds. The van der Waals surface area contributed by atoms with Crippen LogP contribution in [-0.2, 0) is 23.8 Å². The monoisotopic (exact) mass is 359 g/mol. The minimum absolute atomic E-state index is 0.261. The van der Waals surface area contributed by atoms with E-state index in [1.54, 1.807) is 19.9 Å². The largest absolute Gasteiger partial charge is 0.435 e. The third-order valence-corrected chi connectivity index (χ3v) is 3.77. The summed E-state index contributed by atoms with van der Waals surface area (Å²) < 4.78 is 68.8. The van der Waals surface area contributed by atoms with Crippen molar-refractivity contribution < 1.29 is 31.5 Å². The molecule has 0 radical (unpaired) electrons. The van der Waals surface area contributed by atoms with Crippen LogP contribution in [0.15, 0.2) is 11.1 Å². The van der Waals surface area contributed by atoms with Crippen LogP contribution in [0, 0.1) is 0 Å². The molecule has 0 saturated carbocycles. The molecule has 1 aliphatic heterocycles. The predicted octanol–water partition coefficient (Wildman–Crippen LogP) is 3.43. The molecule has 0 saturated heterocycles. The highest BCUT2D eigenvalue weighted by Crippen LogP contribution is 2.39. The summed E-state index contributed by atoms with van der Waals surface area (Å²) in [6, 6.07) is 0. The van der Waals surface area contributed by atoms with Crippen LogP contribution in [-0.4, -0.2) is 22.0 Å². The van der Waals surface area contributed by atoms with Crippen LogP contribution in [0.4, 0.5) is 22.0 Å². The van der Waals surface area contributed by atoms with Crippen molar-refractivity contribution in [3.8, 4) is 5.88 Å². The standard InChI is InChI=1S/C12H14F5N3O2S/c1-11(2)4-7(19-22-11)23-5-6-8(12(15,16)17)18-20(3)9(6)21-10(13)14/h4,10,19H,5H2,1-3H3. The Morgan fingerprint density at radius 2 is 2.09 bits per heavy atom. The number of rotatable bonds is 5. The summed E-state index contributed by atoms with van der Waals surface area (Å²) in [7, 11) is 1.11. The van der Waals surface area contributed by atoms with Gasteiger partial charge in [0, 0.05) is 12.8 Å². The summed E-state index contributed by atoms with van der Waals surface area (Å²) in [5.74, 6) is -0.873. The third-order valence-electron chi connectivity index (χ3n) is 2.82. The molecule has 0 atom stereocenters. The molecule has 1 aromatic heterocycles. The quantitative estimate of drug-likeness (QED) is 0.817. The molecule has 0 spiro atoms. The average Bonchev–Trinajstić information content (AvgIpc) is 2.88. The summed E-state index contributed by atoms with van der Waals surface area (Å²) >= 11 is 0.971. The number of aromatic nitrogens is 2. The minimum atomic E-state index is -4.77. The number of alkyl halides is 5. The van der Waals surface area contributed by atoms with Gasteiger partial charge in [-0.2, -0.15) is 27.1 Å². The highest BCUT2D eigenvalue weighted by Gasteiger charge is 2.40. The topological polar surface area (TPSA) is 48.3 Å². The number of hydrogen-bond donors (Lipinski definition) is 1. The van der Waals surface area contributed by atoms with Crippen LogP contribution in [0.3, 0.4) is 0 Å². The van der Waals surface area contributed by atoms with E-state index in [0.29, 0.717) is 9.71 Å². The molecule has 5 nitrogen and oxygen atoms in total. The van der Waals surface area contributed by atoms with Gasteiger partial charge in [0.15, 0.2) is 5.69 Å². The lowest BCUT2D eigenvalue weighted by Crippen LogP contribution is -2.20. The number of halogens is 5. The molecule has 1 N–H and O–H groups in total. The maximum absolute atomic E-state index is 13.0. The Morgan fingerprint density at radius 3 is 2.57 bits per heavy atom. The van der Waals surface area contributed by atoms with Crippen molar-refractivity contribution in [1.29, 1.82) is 0 Å². The third kappa shape index (κ3) is 4.28. The van der Waals surface area contributed by atoms with Crippen LogP contribution < -0.4 is 10.2 Å². The molecule has 0 bridgehead atoms. The van der Waals surface area contributed by atoms with Gasteiger partial charge in [0.05, 0.1) is 10.6 Å². The number of nitrogens with zero attached hydrogens (tertiary/aromatic N) is 2. The SMILES string of the molecule is Cn1nc(C(F)(F)F)c(CSC2=CC(C)(C)ON2)c1OC(F)F. The molecule has 1 aromatic rings. The molecule has 130 valence electrons. The molecule has 0 aromatic carbocycles. The van der Waals surface area contributed by atoms with E-state index < -0.39 is 35.5 Å². The van der Waals surface area contributed by atoms with Crippen LogP contribution in [0.1, 0.15) is 25.1 Å². The number of hydrogen-bond acceptors (Lipinski definition) is 5. The normalized spacial score (nSPS) is 17.3. The highest BCUT2D eigenvalue weighted by molar-refractivity contribution is 8.02. The number of nitrogens with one attached hydrogen (secondary N) is 1. The van der Waals surface area contributed by atoms with Gasteiger partial charge in [-0.05, 0) is 19.9 Å². The summed E-state index contributed by atoms with van der Waals surface area (Å²) in [6.45, 7) is 0.259. The summed E-state index contributed by atoms with van der Waals surface area (Å²) in [5, 5.41) is 3.74. The number of thioether (sulfide) groups is 1. The first-order chi connectivity index (χ1) is 10.5. The molecule has 2 heterocycles. The smallest absolute Gasteiger partial charge is 0.417 e. The average molecular weight is 359 g/mol. The van der Waals surface area contributed by atoms with E-state index in [2.05, 4.69) is 15.3 Å². The van der Waals surface area contributed by atoms with Gasteiger partial charge in [0.2, 0.25) is 5.88 Å². The van der Waals surface area contributed by atoms with Gasteiger partial charge in [-0.3, -0.25) is 10.3 Å². The molecule has 1 aliphatic rings. The lowest BCUT2D eigenvalue weighted by atomic mass is 10.1. The van der Waals surface area contributed by atoms with Gasteiger partial charge in [-0.1, -0.05) is 0 Å². The summed E-state index contributed by atoms with van der Waals surface area (Å²) in [4.78, 5) is 5.18. The second kappa shape index (κ2) is 6.19. The van der Waals surface area contributed by atoms with Crippen molar-refractivity contribution in [2.75, 3.05) is 0 Å². The van der Waals surface area contributed by atoms with E-state index >= 15 is 0 Å². The van der Waals surface area contributed by atoms with Crippen LogP contribution in [0.5, 0.6) is 5.88 Å². The fourth-order valence-electron chi connectivity index (χ4n) is 1.92. The Morgan fingerprint density at radius 1 is 1.43 bits per heavy atom. The molecule has 0 unspecified atom stereocenters. The van der Waals surface area contributed by atoms with E-state index in [9.17, 15) is 22.0 Å². The Bertz CT molecular complexity index is 613.